The van der Waals surface area contributed by atoms with E-state index in [1.54, 1.807) is 7.05 Å². The molecule has 0 aromatic carbocycles. The van der Waals surface area contributed by atoms with Crippen LogP contribution in [0.15, 0.2) is 0 Å². The van der Waals surface area contributed by atoms with Gasteiger partial charge in [0.1, 0.15) is 0 Å². The molecule has 1 saturated carbocycles. The molecule has 0 aromatic heterocycles. The van der Waals surface area contributed by atoms with Gasteiger partial charge in [0.15, 0.2) is 0 Å². The summed E-state index contributed by atoms with van der Waals surface area (Å²) in [6, 6.07) is 0. The summed E-state index contributed by atoms with van der Waals surface area (Å²) in [5.74, 6) is 2.23. The Labute approximate surface area is 87.5 Å². The number of amides is 1. The first kappa shape index (κ1) is 11.5. The second-order valence-electron chi connectivity index (χ2n) is 4.61. The van der Waals surface area contributed by atoms with E-state index < -0.39 is 0 Å². The highest BCUT2D eigenvalue weighted by molar-refractivity contribution is 5.78. The maximum atomic E-state index is 11.4. The van der Waals surface area contributed by atoms with Gasteiger partial charge in [0.05, 0.1) is 0 Å². The molecule has 2 heteroatoms. The van der Waals surface area contributed by atoms with Crippen molar-refractivity contribution in [3.8, 4) is 0 Å². The van der Waals surface area contributed by atoms with Gasteiger partial charge in [0.25, 0.3) is 0 Å². The van der Waals surface area contributed by atoms with Gasteiger partial charge in [-0.15, -0.1) is 0 Å². The Hall–Kier alpha value is -0.530. The first-order valence-electron chi connectivity index (χ1n) is 5.90. The molecule has 1 fully saturated rings. The Morgan fingerprint density at radius 1 is 1.36 bits per heavy atom. The maximum absolute atomic E-state index is 11.4. The highest BCUT2D eigenvalue weighted by Gasteiger charge is 2.27. The summed E-state index contributed by atoms with van der Waals surface area (Å²) >= 11 is 0. The zero-order valence-electron chi connectivity index (χ0n) is 9.68. The lowest BCUT2D eigenvalue weighted by molar-refractivity contribution is -0.125. The van der Waals surface area contributed by atoms with Gasteiger partial charge in [-0.1, -0.05) is 20.3 Å². The summed E-state index contributed by atoms with van der Waals surface area (Å²) < 4.78 is 0. The van der Waals surface area contributed by atoms with E-state index in [0.29, 0.717) is 5.92 Å². The molecule has 1 aliphatic rings. The minimum absolute atomic E-state index is 0.243. The van der Waals surface area contributed by atoms with Crippen LogP contribution in [0.3, 0.4) is 0 Å². The molecule has 82 valence electrons. The SMILES string of the molecule is CCC(C)C1CCC(C(=O)NC)CC1. The van der Waals surface area contributed by atoms with E-state index in [1.807, 2.05) is 0 Å². The third-order valence-corrected chi connectivity index (χ3v) is 3.84. The number of rotatable bonds is 3. The van der Waals surface area contributed by atoms with E-state index in [2.05, 4.69) is 19.2 Å². The van der Waals surface area contributed by atoms with Crippen LogP contribution in [-0.2, 0) is 4.79 Å². The second kappa shape index (κ2) is 5.38. The lowest BCUT2D eigenvalue weighted by atomic mass is 9.75. The minimum atomic E-state index is 0.243. The summed E-state index contributed by atoms with van der Waals surface area (Å²) in [6.07, 6.45) is 5.94. The standard InChI is InChI=1S/C12H23NO/c1-4-9(2)10-5-7-11(8-6-10)12(14)13-3/h9-11H,4-8H2,1-3H3,(H,13,14). The predicted molar refractivity (Wildman–Crippen MR) is 59.0 cm³/mol. The lowest BCUT2D eigenvalue weighted by Gasteiger charge is -2.30. The van der Waals surface area contributed by atoms with Gasteiger partial charge in [-0.2, -0.15) is 0 Å². The van der Waals surface area contributed by atoms with Gasteiger partial charge in [0, 0.05) is 13.0 Å². The van der Waals surface area contributed by atoms with E-state index in [0.717, 1.165) is 24.7 Å². The molecule has 1 unspecified atom stereocenters. The fourth-order valence-electron chi connectivity index (χ4n) is 2.49. The summed E-state index contributed by atoms with van der Waals surface area (Å²) in [5.41, 5.74) is 0. The van der Waals surface area contributed by atoms with Crippen molar-refractivity contribution in [1.82, 2.24) is 5.32 Å². The monoisotopic (exact) mass is 197 g/mol. The number of hydrogen-bond acceptors (Lipinski definition) is 1. The molecule has 1 aliphatic carbocycles. The number of carbonyl (C=O) groups is 1. The fourth-order valence-corrected chi connectivity index (χ4v) is 2.49. The molecule has 0 saturated heterocycles. The van der Waals surface area contributed by atoms with E-state index in [4.69, 9.17) is 0 Å². The van der Waals surface area contributed by atoms with Crippen LogP contribution in [0.1, 0.15) is 46.0 Å². The van der Waals surface area contributed by atoms with Gasteiger partial charge in [-0.25, -0.2) is 0 Å². The molecular formula is C12H23NO. The molecule has 0 heterocycles. The van der Waals surface area contributed by atoms with Crippen molar-refractivity contribution in [3.05, 3.63) is 0 Å². The van der Waals surface area contributed by atoms with Crippen LogP contribution in [-0.4, -0.2) is 13.0 Å². The largest absolute Gasteiger partial charge is 0.359 e. The molecular weight excluding hydrogens is 174 g/mol. The van der Waals surface area contributed by atoms with Crippen LogP contribution in [0.4, 0.5) is 0 Å². The van der Waals surface area contributed by atoms with Gasteiger partial charge >= 0.3 is 0 Å². The van der Waals surface area contributed by atoms with Crippen molar-refractivity contribution in [2.24, 2.45) is 17.8 Å². The molecule has 1 atom stereocenters. The quantitative estimate of drug-likeness (QED) is 0.740. The summed E-state index contributed by atoms with van der Waals surface area (Å²) in [7, 11) is 1.74. The molecule has 1 rings (SSSR count). The van der Waals surface area contributed by atoms with Gasteiger partial charge in [-0.05, 0) is 37.5 Å². The average molecular weight is 197 g/mol. The van der Waals surface area contributed by atoms with Crippen molar-refractivity contribution in [3.63, 3.8) is 0 Å². The van der Waals surface area contributed by atoms with Crippen LogP contribution >= 0.6 is 0 Å². The highest BCUT2D eigenvalue weighted by atomic mass is 16.1. The van der Waals surface area contributed by atoms with Crippen molar-refractivity contribution >= 4 is 5.91 Å². The molecule has 1 N–H and O–H groups in total. The Bertz CT molecular complexity index is 183. The Morgan fingerprint density at radius 2 is 1.93 bits per heavy atom. The zero-order valence-corrected chi connectivity index (χ0v) is 9.68. The summed E-state index contributed by atoms with van der Waals surface area (Å²) in [6.45, 7) is 4.60. The number of hydrogen-bond donors (Lipinski definition) is 1. The van der Waals surface area contributed by atoms with Crippen LogP contribution in [0.25, 0.3) is 0 Å². The smallest absolute Gasteiger partial charge is 0.222 e. The minimum Gasteiger partial charge on any atom is -0.359 e. The second-order valence-corrected chi connectivity index (χ2v) is 4.61. The molecule has 0 radical (unpaired) electrons. The average Bonchev–Trinajstić information content (AvgIpc) is 2.27. The Kier molecular flexibility index (Phi) is 4.43. The van der Waals surface area contributed by atoms with E-state index in [9.17, 15) is 4.79 Å². The van der Waals surface area contributed by atoms with E-state index in [1.165, 1.54) is 19.3 Å². The first-order valence-corrected chi connectivity index (χ1v) is 5.90. The molecule has 0 spiro atoms. The topological polar surface area (TPSA) is 29.1 Å². The molecule has 0 bridgehead atoms. The first-order chi connectivity index (χ1) is 6.69. The Morgan fingerprint density at radius 3 is 2.36 bits per heavy atom. The zero-order chi connectivity index (χ0) is 10.6. The van der Waals surface area contributed by atoms with Crippen molar-refractivity contribution in [2.45, 2.75) is 46.0 Å². The number of nitrogens with one attached hydrogen (secondary N) is 1. The highest BCUT2D eigenvalue weighted by Crippen LogP contribution is 2.34. The third kappa shape index (κ3) is 2.73. The normalized spacial score (nSPS) is 29.6. The molecule has 1 amide bonds. The molecule has 0 aliphatic heterocycles. The molecule has 2 nitrogen and oxygen atoms in total. The van der Waals surface area contributed by atoms with Gasteiger partial charge in [0.2, 0.25) is 5.91 Å². The van der Waals surface area contributed by atoms with Gasteiger partial charge < -0.3 is 5.32 Å². The Balaban J connectivity index is 2.34. The van der Waals surface area contributed by atoms with Crippen molar-refractivity contribution in [2.75, 3.05) is 7.05 Å². The predicted octanol–water partition coefficient (Wildman–Crippen LogP) is 2.58. The van der Waals surface area contributed by atoms with E-state index >= 15 is 0 Å². The van der Waals surface area contributed by atoms with Crippen molar-refractivity contribution < 1.29 is 4.79 Å². The van der Waals surface area contributed by atoms with E-state index in [-0.39, 0.29) is 5.91 Å². The summed E-state index contributed by atoms with van der Waals surface area (Å²) in [5, 5.41) is 2.75. The van der Waals surface area contributed by atoms with Gasteiger partial charge in [-0.3, -0.25) is 4.79 Å². The van der Waals surface area contributed by atoms with Crippen molar-refractivity contribution in [1.29, 1.82) is 0 Å². The fraction of sp³-hybridized carbons (Fsp3) is 0.917. The van der Waals surface area contributed by atoms with Crippen LogP contribution in [0, 0.1) is 17.8 Å². The lowest BCUT2D eigenvalue weighted by Crippen LogP contribution is -2.31. The number of carbonyl (C=O) groups excluding carboxylic acids is 1. The maximum Gasteiger partial charge on any atom is 0.222 e. The molecule has 14 heavy (non-hydrogen) atoms. The van der Waals surface area contributed by atoms with Crippen LogP contribution in [0.5, 0.6) is 0 Å². The summed E-state index contributed by atoms with van der Waals surface area (Å²) in [4.78, 5) is 11.4. The van der Waals surface area contributed by atoms with Crippen LogP contribution in [0.2, 0.25) is 0 Å². The third-order valence-electron chi connectivity index (χ3n) is 3.84. The molecule has 0 aromatic rings. The van der Waals surface area contributed by atoms with Crippen LogP contribution < -0.4 is 5.32 Å².